The lowest BCUT2D eigenvalue weighted by molar-refractivity contribution is 0.195. The molecule has 3 aromatic rings. The second kappa shape index (κ2) is 9.58. The van der Waals surface area contributed by atoms with Crippen molar-refractivity contribution in [2.45, 2.75) is 45.2 Å². The molecule has 1 aromatic carbocycles. The fraction of sp³-hybridized carbons (Fsp3) is 0.304. The minimum absolute atomic E-state index is 0.0825. The van der Waals surface area contributed by atoms with Crippen LogP contribution in [0.2, 0.25) is 24.7 Å². The van der Waals surface area contributed by atoms with Gasteiger partial charge in [-0.1, -0.05) is 46.8 Å². The number of pyridine rings is 1. The molecule has 3 rings (SSSR count). The van der Waals surface area contributed by atoms with E-state index in [1.54, 1.807) is 24.5 Å². The van der Waals surface area contributed by atoms with E-state index in [1.807, 2.05) is 31.2 Å². The van der Waals surface area contributed by atoms with Crippen molar-refractivity contribution in [1.82, 2.24) is 10.1 Å². The van der Waals surface area contributed by atoms with Gasteiger partial charge in [0.25, 0.3) is 0 Å². The number of aliphatic hydroxyl groups excluding tert-OH is 1. The van der Waals surface area contributed by atoms with Gasteiger partial charge in [0.05, 0.1) is 10.6 Å². The van der Waals surface area contributed by atoms with Crippen molar-refractivity contribution in [1.29, 1.82) is 0 Å². The van der Waals surface area contributed by atoms with Crippen LogP contribution in [0.4, 0.5) is 0 Å². The number of aliphatic hydroxyl groups is 1. The Balaban J connectivity index is 2.00. The Morgan fingerprint density at radius 2 is 1.97 bits per heavy atom. The minimum Gasteiger partial charge on any atom is -0.415 e. The normalized spacial score (nSPS) is 13.4. The molecule has 1 N–H and O–H groups in total. The lowest BCUT2D eigenvalue weighted by Gasteiger charge is -2.23. The summed E-state index contributed by atoms with van der Waals surface area (Å²) in [6.45, 7) is 8.39. The summed E-state index contributed by atoms with van der Waals surface area (Å²) in [5.74, 6) is 6.38. The zero-order chi connectivity index (χ0) is 21.7. The Morgan fingerprint density at radius 1 is 1.20 bits per heavy atom. The monoisotopic (exact) mass is 440 g/mol. The highest BCUT2D eigenvalue weighted by Crippen LogP contribution is 2.35. The molecule has 7 heteroatoms. The highest BCUT2D eigenvalue weighted by molar-refractivity contribution is 6.69. The fourth-order valence-electron chi connectivity index (χ4n) is 3.17. The van der Waals surface area contributed by atoms with E-state index in [4.69, 9.17) is 20.6 Å². The summed E-state index contributed by atoms with van der Waals surface area (Å²) in [6, 6.07) is 11.0. The van der Waals surface area contributed by atoms with Crippen LogP contribution in [-0.4, -0.2) is 29.7 Å². The molecule has 0 bridgehead atoms. The summed E-state index contributed by atoms with van der Waals surface area (Å²) in [6.07, 6.45) is 2.61. The molecule has 0 aliphatic heterocycles. The number of benzene rings is 1. The van der Waals surface area contributed by atoms with Crippen LogP contribution in [-0.2, 0) is 10.8 Å². The molecule has 0 amide bonds. The molecular weight excluding hydrogens is 416 g/mol. The molecule has 30 heavy (non-hydrogen) atoms. The molecule has 0 spiro atoms. The van der Waals surface area contributed by atoms with Gasteiger partial charge in [-0.2, -0.15) is 0 Å². The maximum absolute atomic E-state index is 11.0. The van der Waals surface area contributed by atoms with E-state index >= 15 is 0 Å². The van der Waals surface area contributed by atoms with Gasteiger partial charge in [0.15, 0.2) is 8.32 Å². The lowest BCUT2D eigenvalue weighted by Crippen LogP contribution is -2.31. The van der Waals surface area contributed by atoms with Gasteiger partial charge in [0.2, 0.25) is 0 Å². The van der Waals surface area contributed by atoms with Gasteiger partial charge in [0, 0.05) is 36.0 Å². The highest BCUT2D eigenvalue weighted by atomic mass is 35.5. The highest BCUT2D eigenvalue weighted by Gasteiger charge is 2.27. The number of hydrogen-bond acceptors (Lipinski definition) is 5. The van der Waals surface area contributed by atoms with Crippen LogP contribution < -0.4 is 0 Å². The average molecular weight is 441 g/mol. The first-order valence-electron chi connectivity index (χ1n) is 9.75. The zero-order valence-corrected chi connectivity index (χ0v) is 19.3. The number of rotatable bonds is 6. The van der Waals surface area contributed by atoms with Crippen molar-refractivity contribution in [3.8, 4) is 23.1 Å². The molecular formula is C23H25ClN2O3Si. The zero-order valence-electron chi connectivity index (χ0n) is 17.5. The van der Waals surface area contributed by atoms with Crippen molar-refractivity contribution in [3.05, 3.63) is 70.7 Å². The molecule has 0 fully saturated rings. The Kier molecular flexibility index (Phi) is 7.11. The van der Waals surface area contributed by atoms with Crippen LogP contribution in [0.3, 0.4) is 0 Å². The predicted octanol–water partition coefficient (Wildman–Crippen LogP) is 5.26. The van der Waals surface area contributed by atoms with Crippen molar-refractivity contribution >= 4 is 19.9 Å². The Bertz CT molecular complexity index is 1050. The molecule has 5 nitrogen and oxygen atoms in total. The minimum atomic E-state index is -1.72. The molecule has 156 valence electrons. The van der Waals surface area contributed by atoms with E-state index in [0.717, 1.165) is 0 Å². The van der Waals surface area contributed by atoms with Crippen molar-refractivity contribution < 1.29 is 14.1 Å². The topological polar surface area (TPSA) is 68.4 Å². The van der Waals surface area contributed by atoms with Crippen molar-refractivity contribution in [2.24, 2.45) is 0 Å². The van der Waals surface area contributed by atoms with E-state index in [1.165, 1.54) is 0 Å². The van der Waals surface area contributed by atoms with Gasteiger partial charge < -0.3 is 14.1 Å². The molecule has 0 radical (unpaired) electrons. The maximum atomic E-state index is 11.0. The van der Waals surface area contributed by atoms with Crippen LogP contribution >= 0.6 is 11.6 Å². The number of hydrogen-bond donors (Lipinski definition) is 1. The van der Waals surface area contributed by atoms with Crippen molar-refractivity contribution in [3.63, 3.8) is 0 Å². The van der Waals surface area contributed by atoms with E-state index in [-0.39, 0.29) is 6.10 Å². The van der Waals surface area contributed by atoms with Crippen LogP contribution in [0.5, 0.6) is 0 Å². The third kappa shape index (κ3) is 5.80. The lowest BCUT2D eigenvalue weighted by atomic mass is 9.99. The predicted molar refractivity (Wildman–Crippen MR) is 121 cm³/mol. The molecule has 0 aliphatic rings. The third-order valence-electron chi connectivity index (χ3n) is 4.25. The largest absolute Gasteiger partial charge is 0.415 e. The van der Waals surface area contributed by atoms with Gasteiger partial charge in [-0.3, -0.25) is 4.98 Å². The van der Waals surface area contributed by atoms with Crippen LogP contribution in [0.1, 0.15) is 29.9 Å². The van der Waals surface area contributed by atoms with Crippen LogP contribution in [0, 0.1) is 11.8 Å². The molecule has 2 unspecified atom stereocenters. The molecule has 0 aliphatic carbocycles. The first-order chi connectivity index (χ1) is 14.2. The van der Waals surface area contributed by atoms with Crippen LogP contribution in [0.25, 0.3) is 11.3 Å². The van der Waals surface area contributed by atoms with Gasteiger partial charge in [-0.25, -0.2) is 0 Å². The summed E-state index contributed by atoms with van der Waals surface area (Å²) in [5.41, 5.74) is 2.41. The summed E-state index contributed by atoms with van der Waals surface area (Å²) in [5, 5.41) is 15.7. The van der Waals surface area contributed by atoms with Gasteiger partial charge in [-0.15, -0.1) is 0 Å². The van der Waals surface area contributed by atoms with E-state index in [2.05, 4.69) is 41.6 Å². The summed E-state index contributed by atoms with van der Waals surface area (Å²) in [4.78, 5) is 4.05. The third-order valence-corrected chi connectivity index (χ3v) is 5.69. The molecule has 2 atom stereocenters. The second-order valence-electron chi connectivity index (χ2n) is 8.01. The summed E-state index contributed by atoms with van der Waals surface area (Å²) < 4.78 is 11.8. The van der Waals surface area contributed by atoms with Crippen LogP contribution in [0.15, 0.2) is 53.3 Å². The fourth-order valence-corrected chi connectivity index (χ4v) is 4.69. The molecule has 0 saturated carbocycles. The smallest absolute Gasteiger partial charge is 0.184 e. The number of nitrogens with zero attached hydrogens (tertiary/aromatic N) is 2. The molecule has 2 aromatic heterocycles. The van der Waals surface area contributed by atoms with E-state index < -0.39 is 14.4 Å². The van der Waals surface area contributed by atoms with Gasteiger partial charge >= 0.3 is 0 Å². The summed E-state index contributed by atoms with van der Waals surface area (Å²) >= 11 is 6.38. The Labute approximate surface area is 183 Å². The molecule has 2 heterocycles. The first kappa shape index (κ1) is 22.3. The maximum Gasteiger partial charge on any atom is 0.184 e. The number of aromatic nitrogens is 2. The second-order valence-corrected chi connectivity index (χ2v) is 12.9. The quantitative estimate of drug-likeness (QED) is 0.418. The summed E-state index contributed by atoms with van der Waals surface area (Å²) in [7, 11) is -1.72. The first-order valence-corrected chi connectivity index (χ1v) is 13.5. The molecule has 0 saturated heterocycles. The van der Waals surface area contributed by atoms with Gasteiger partial charge in [-0.05, 0) is 44.8 Å². The Hall–Kier alpha value is -2.43. The van der Waals surface area contributed by atoms with E-state index in [9.17, 15) is 5.11 Å². The van der Waals surface area contributed by atoms with Gasteiger partial charge in [0.1, 0.15) is 17.6 Å². The van der Waals surface area contributed by atoms with Crippen molar-refractivity contribution in [2.75, 3.05) is 0 Å². The number of halogens is 1. The average Bonchev–Trinajstić information content (AvgIpc) is 3.09. The van der Waals surface area contributed by atoms with E-state index in [0.29, 0.717) is 39.6 Å². The standard InChI is InChI=1S/C23H25ClN2O3Si/c1-16(29-30(2,3)4)14-21-22(20(27)12-11-17-8-7-13-25-15-17)23(26-28-21)18-9-5-6-10-19(18)24/h5-10,13,15-16,20,27H,14H2,1-4H3. The Morgan fingerprint density at radius 3 is 2.63 bits per heavy atom. The SMILES string of the molecule is CC(Cc1onc(-c2ccccc2Cl)c1C(O)C#Cc1cccnc1)O[Si](C)(C)C.